The van der Waals surface area contributed by atoms with Crippen LogP contribution in [0.1, 0.15) is 38.0 Å². The minimum Gasteiger partial charge on any atom is -0.459 e. The van der Waals surface area contributed by atoms with Gasteiger partial charge in [-0.15, -0.1) is 0 Å². The molecule has 1 fully saturated rings. The van der Waals surface area contributed by atoms with Crippen LogP contribution in [0, 0.1) is 0 Å². The number of fused-ring (bicyclic) bond motifs is 1. The Balaban J connectivity index is 0.00000141. The molecule has 7 heteroatoms. The zero-order valence-corrected chi connectivity index (χ0v) is 19.6. The molecule has 1 aliphatic heterocycles. The first-order valence-electron chi connectivity index (χ1n) is 11.0. The molecule has 1 unspecified atom stereocenters. The van der Waals surface area contributed by atoms with E-state index in [1.54, 1.807) is 16.8 Å². The molecule has 1 aromatic heterocycles. The van der Waals surface area contributed by atoms with Crippen molar-refractivity contribution in [1.82, 2.24) is 15.1 Å². The van der Waals surface area contributed by atoms with Gasteiger partial charge in [-0.25, -0.2) is 4.79 Å². The molecule has 0 radical (unpaired) electrons. The van der Waals surface area contributed by atoms with Gasteiger partial charge in [0.05, 0.1) is 6.54 Å². The van der Waals surface area contributed by atoms with Gasteiger partial charge >= 0.3 is 6.03 Å². The molecule has 0 aliphatic carbocycles. The summed E-state index contributed by atoms with van der Waals surface area (Å²) in [6.45, 7) is 5.32. The predicted octanol–water partition coefficient (Wildman–Crippen LogP) is 5.45. The average molecular weight is 456 g/mol. The highest BCUT2D eigenvalue weighted by Gasteiger charge is 2.35. The number of nitrogens with zero attached hydrogens (tertiary/aromatic N) is 2. The SMILES string of the molecule is CC.CN(Cc1ccc(Cl)cc1)C(=O)C1CCCN1C(=O)NCc1cc2ccccc2o1. The van der Waals surface area contributed by atoms with Gasteiger partial charge in [0.15, 0.2) is 0 Å². The smallest absolute Gasteiger partial charge is 0.318 e. The molecule has 6 nitrogen and oxygen atoms in total. The summed E-state index contributed by atoms with van der Waals surface area (Å²) in [7, 11) is 1.76. The van der Waals surface area contributed by atoms with Gasteiger partial charge in [0.2, 0.25) is 5.91 Å². The van der Waals surface area contributed by atoms with Crippen molar-refractivity contribution in [1.29, 1.82) is 0 Å². The highest BCUT2D eigenvalue weighted by atomic mass is 35.5. The molecule has 2 heterocycles. The van der Waals surface area contributed by atoms with Crippen LogP contribution in [-0.2, 0) is 17.9 Å². The largest absolute Gasteiger partial charge is 0.459 e. The maximum absolute atomic E-state index is 13.0. The maximum atomic E-state index is 13.0. The van der Waals surface area contributed by atoms with Crippen LogP contribution in [0.2, 0.25) is 5.02 Å². The van der Waals surface area contributed by atoms with Gasteiger partial charge in [-0.1, -0.05) is 55.8 Å². The van der Waals surface area contributed by atoms with Gasteiger partial charge < -0.3 is 19.5 Å². The number of amides is 3. The summed E-state index contributed by atoms with van der Waals surface area (Å²) >= 11 is 5.93. The van der Waals surface area contributed by atoms with Crippen LogP contribution in [-0.4, -0.2) is 41.4 Å². The minimum absolute atomic E-state index is 0.0543. The third kappa shape index (κ3) is 5.62. The van der Waals surface area contributed by atoms with E-state index in [0.717, 1.165) is 23.0 Å². The summed E-state index contributed by atoms with van der Waals surface area (Å²) in [6, 6.07) is 16.4. The number of nitrogens with one attached hydrogen (secondary N) is 1. The highest BCUT2D eigenvalue weighted by molar-refractivity contribution is 6.30. The first-order valence-corrected chi connectivity index (χ1v) is 11.4. The average Bonchev–Trinajstić information content (AvgIpc) is 3.47. The zero-order valence-electron chi connectivity index (χ0n) is 18.8. The van der Waals surface area contributed by atoms with Crippen LogP contribution in [0.25, 0.3) is 11.0 Å². The minimum atomic E-state index is -0.446. The van der Waals surface area contributed by atoms with Crippen LogP contribution >= 0.6 is 11.6 Å². The molecule has 170 valence electrons. The molecule has 0 spiro atoms. The highest BCUT2D eigenvalue weighted by Crippen LogP contribution is 2.22. The third-order valence-corrected chi connectivity index (χ3v) is 5.65. The number of urea groups is 1. The van der Waals surface area contributed by atoms with Gasteiger partial charge in [-0.3, -0.25) is 4.79 Å². The Hall–Kier alpha value is -2.99. The normalized spacial score (nSPS) is 15.2. The lowest BCUT2D eigenvalue weighted by Gasteiger charge is -2.28. The Labute approximate surface area is 194 Å². The van der Waals surface area contributed by atoms with Crippen molar-refractivity contribution in [3.63, 3.8) is 0 Å². The second-order valence-corrected chi connectivity index (χ2v) is 8.02. The molecule has 1 atom stereocenters. The number of furan rings is 1. The quantitative estimate of drug-likeness (QED) is 0.556. The van der Waals surface area contributed by atoms with Crippen molar-refractivity contribution < 1.29 is 14.0 Å². The summed E-state index contributed by atoms with van der Waals surface area (Å²) < 4.78 is 5.75. The van der Waals surface area contributed by atoms with Crippen LogP contribution in [0.15, 0.2) is 59.0 Å². The monoisotopic (exact) mass is 455 g/mol. The lowest BCUT2D eigenvalue weighted by atomic mass is 10.1. The van der Waals surface area contributed by atoms with Crippen LogP contribution < -0.4 is 5.32 Å². The van der Waals surface area contributed by atoms with Crippen molar-refractivity contribution in [3.8, 4) is 0 Å². The van der Waals surface area contributed by atoms with Crippen LogP contribution in [0.4, 0.5) is 4.79 Å². The van der Waals surface area contributed by atoms with Gasteiger partial charge in [0, 0.05) is 30.5 Å². The van der Waals surface area contributed by atoms with E-state index in [9.17, 15) is 9.59 Å². The molecule has 4 rings (SSSR count). The van der Waals surface area contributed by atoms with E-state index >= 15 is 0 Å². The Bertz CT molecular complexity index is 1020. The van der Waals surface area contributed by atoms with Crippen LogP contribution in [0.3, 0.4) is 0 Å². The second-order valence-electron chi connectivity index (χ2n) is 7.58. The number of halogens is 1. The lowest BCUT2D eigenvalue weighted by Crippen LogP contribution is -2.49. The number of likely N-dealkylation sites (tertiary alicyclic amines) is 1. The van der Waals surface area contributed by atoms with E-state index in [1.165, 1.54) is 0 Å². The Morgan fingerprint density at radius 3 is 2.59 bits per heavy atom. The number of hydrogen-bond acceptors (Lipinski definition) is 3. The number of carbonyl (C=O) groups excluding carboxylic acids is 2. The molecule has 32 heavy (non-hydrogen) atoms. The molecule has 0 saturated carbocycles. The summed E-state index contributed by atoms with van der Waals surface area (Å²) in [4.78, 5) is 29.0. The Morgan fingerprint density at radius 1 is 1.16 bits per heavy atom. The molecule has 3 aromatic rings. The van der Waals surface area contributed by atoms with E-state index in [1.807, 2.05) is 68.4 Å². The van der Waals surface area contributed by atoms with Crippen molar-refractivity contribution in [3.05, 3.63) is 70.9 Å². The maximum Gasteiger partial charge on any atom is 0.318 e. The number of para-hydroxylation sites is 1. The summed E-state index contributed by atoms with van der Waals surface area (Å²) in [5.41, 5.74) is 1.79. The molecule has 0 bridgehead atoms. The van der Waals surface area contributed by atoms with Crippen molar-refractivity contribution >= 4 is 34.5 Å². The Morgan fingerprint density at radius 2 is 1.88 bits per heavy atom. The standard InChI is InChI=1S/C23H24ClN3O3.C2H6/c1-26(15-16-8-10-18(24)11-9-16)22(28)20-6-4-12-27(20)23(29)25-14-19-13-17-5-2-3-7-21(17)30-19;1-2/h2-3,5,7-11,13,20H,4,6,12,14-15H2,1H3,(H,25,29);1-2H3. The molecule has 1 saturated heterocycles. The third-order valence-electron chi connectivity index (χ3n) is 5.40. The van der Waals surface area contributed by atoms with Crippen molar-refractivity contribution in [2.45, 2.75) is 45.8 Å². The molecular weight excluding hydrogens is 426 g/mol. The molecule has 1 N–H and O–H groups in total. The van der Waals surface area contributed by atoms with Crippen LogP contribution in [0.5, 0.6) is 0 Å². The molecule has 3 amide bonds. The lowest BCUT2D eigenvalue weighted by molar-refractivity contribution is -0.134. The van der Waals surface area contributed by atoms with Gasteiger partial charge in [0.25, 0.3) is 0 Å². The number of rotatable bonds is 5. The number of hydrogen-bond donors (Lipinski definition) is 1. The predicted molar refractivity (Wildman–Crippen MR) is 127 cm³/mol. The summed E-state index contributed by atoms with van der Waals surface area (Å²) in [5, 5.41) is 4.55. The first-order chi connectivity index (χ1) is 15.5. The Kier molecular flexibility index (Phi) is 8.17. The van der Waals surface area contributed by atoms with Crippen molar-refractivity contribution in [2.24, 2.45) is 0 Å². The number of benzene rings is 2. The van der Waals surface area contributed by atoms with E-state index < -0.39 is 6.04 Å². The summed E-state index contributed by atoms with van der Waals surface area (Å²) in [6.07, 6.45) is 1.48. The van der Waals surface area contributed by atoms with E-state index in [0.29, 0.717) is 30.3 Å². The number of carbonyl (C=O) groups is 2. The fraction of sp³-hybridized carbons (Fsp3) is 0.360. The topological polar surface area (TPSA) is 65.8 Å². The molecule has 2 aromatic carbocycles. The fourth-order valence-electron chi connectivity index (χ4n) is 3.85. The zero-order chi connectivity index (χ0) is 23.1. The fourth-order valence-corrected chi connectivity index (χ4v) is 3.98. The first kappa shape index (κ1) is 23.7. The van der Waals surface area contributed by atoms with Gasteiger partial charge in [0.1, 0.15) is 17.4 Å². The van der Waals surface area contributed by atoms with E-state index in [-0.39, 0.29) is 18.5 Å². The summed E-state index contributed by atoms with van der Waals surface area (Å²) in [5.74, 6) is 0.632. The molecule has 1 aliphatic rings. The van der Waals surface area contributed by atoms with Gasteiger partial charge in [-0.2, -0.15) is 0 Å². The van der Waals surface area contributed by atoms with Crippen molar-refractivity contribution in [2.75, 3.05) is 13.6 Å². The molecular formula is C25H30ClN3O3. The number of likely N-dealkylation sites (N-methyl/N-ethyl adjacent to an activating group) is 1. The van der Waals surface area contributed by atoms with Gasteiger partial charge in [-0.05, 0) is 42.7 Å². The second kappa shape index (κ2) is 11.0. The van der Waals surface area contributed by atoms with E-state index in [2.05, 4.69) is 5.32 Å². The van der Waals surface area contributed by atoms with E-state index in [4.69, 9.17) is 16.0 Å².